The van der Waals surface area contributed by atoms with E-state index < -0.39 is 4.92 Å². The number of non-ortho nitro benzene ring substituents is 1. The van der Waals surface area contributed by atoms with E-state index in [2.05, 4.69) is 47.4 Å². The maximum atomic E-state index is 10.9. The zero-order chi connectivity index (χ0) is 18.6. The van der Waals surface area contributed by atoms with E-state index in [0.29, 0.717) is 18.4 Å². The van der Waals surface area contributed by atoms with Gasteiger partial charge in [0.2, 0.25) is 0 Å². The number of nitrogens with zero attached hydrogens (tertiary/aromatic N) is 2. The van der Waals surface area contributed by atoms with Crippen molar-refractivity contribution in [2.75, 3.05) is 13.2 Å². The molecule has 0 saturated carbocycles. The number of nitro groups is 1. The molecule has 0 radical (unpaired) electrons. The normalized spacial score (nSPS) is 17.3. The SMILES string of the molecule is O=[N+]([O-])c1cccc(OC[C@@H]2CCCN2Cc2cccc3ccccc23)c1. The maximum absolute atomic E-state index is 10.9. The van der Waals surface area contributed by atoms with Crippen LogP contribution in [0.2, 0.25) is 0 Å². The predicted molar refractivity (Wildman–Crippen MR) is 106 cm³/mol. The molecule has 0 N–H and O–H groups in total. The Morgan fingerprint density at radius 3 is 2.78 bits per heavy atom. The van der Waals surface area contributed by atoms with Gasteiger partial charge >= 0.3 is 0 Å². The highest BCUT2D eigenvalue weighted by Crippen LogP contribution is 2.26. The van der Waals surface area contributed by atoms with Crippen LogP contribution in [-0.2, 0) is 6.54 Å². The fraction of sp³-hybridized carbons (Fsp3) is 0.273. The summed E-state index contributed by atoms with van der Waals surface area (Å²) in [5.41, 5.74) is 1.39. The minimum Gasteiger partial charge on any atom is -0.492 e. The fourth-order valence-electron chi connectivity index (χ4n) is 3.82. The number of hydrogen-bond acceptors (Lipinski definition) is 4. The summed E-state index contributed by atoms with van der Waals surface area (Å²) in [6, 6.07) is 21.7. The molecule has 0 spiro atoms. The second-order valence-corrected chi connectivity index (χ2v) is 6.97. The Labute approximate surface area is 158 Å². The van der Waals surface area contributed by atoms with Gasteiger partial charge in [-0.2, -0.15) is 0 Å². The number of ether oxygens (including phenoxy) is 1. The number of benzene rings is 3. The zero-order valence-electron chi connectivity index (χ0n) is 15.1. The average Bonchev–Trinajstić information content (AvgIpc) is 3.14. The molecule has 0 bridgehead atoms. The maximum Gasteiger partial charge on any atom is 0.273 e. The lowest BCUT2D eigenvalue weighted by molar-refractivity contribution is -0.384. The van der Waals surface area contributed by atoms with Crippen molar-refractivity contribution >= 4 is 16.5 Å². The highest BCUT2D eigenvalue weighted by molar-refractivity contribution is 5.85. The van der Waals surface area contributed by atoms with Crippen molar-refractivity contribution in [1.29, 1.82) is 0 Å². The van der Waals surface area contributed by atoms with Gasteiger partial charge in [0.1, 0.15) is 12.4 Å². The smallest absolute Gasteiger partial charge is 0.273 e. The van der Waals surface area contributed by atoms with E-state index in [4.69, 9.17) is 4.74 Å². The Morgan fingerprint density at radius 1 is 1.07 bits per heavy atom. The van der Waals surface area contributed by atoms with E-state index in [1.165, 1.54) is 28.5 Å². The van der Waals surface area contributed by atoms with E-state index in [1.807, 2.05) is 0 Å². The molecule has 1 fully saturated rings. The molecule has 4 rings (SSSR count). The molecule has 27 heavy (non-hydrogen) atoms. The van der Waals surface area contributed by atoms with Crippen molar-refractivity contribution in [1.82, 2.24) is 4.90 Å². The lowest BCUT2D eigenvalue weighted by atomic mass is 10.0. The first-order valence-corrected chi connectivity index (χ1v) is 9.28. The number of nitro benzene ring substituents is 1. The summed E-state index contributed by atoms with van der Waals surface area (Å²) < 4.78 is 5.89. The van der Waals surface area contributed by atoms with Crippen molar-refractivity contribution in [3.05, 3.63) is 82.4 Å². The van der Waals surface area contributed by atoms with Crippen LogP contribution in [0.3, 0.4) is 0 Å². The van der Waals surface area contributed by atoms with Crippen LogP contribution >= 0.6 is 0 Å². The van der Waals surface area contributed by atoms with Gasteiger partial charge in [-0.15, -0.1) is 0 Å². The Kier molecular flexibility index (Phi) is 5.03. The first kappa shape index (κ1) is 17.5. The molecule has 5 heteroatoms. The van der Waals surface area contributed by atoms with E-state index in [1.54, 1.807) is 12.1 Å². The molecule has 1 aliphatic heterocycles. The van der Waals surface area contributed by atoms with Crippen molar-refractivity contribution < 1.29 is 9.66 Å². The molecular formula is C22H22N2O3. The van der Waals surface area contributed by atoms with Gasteiger partial charge in [-0.05, 0) is 41.8 Å². The summed E-state index contributed by atoms with van der Waals surface area (Å²) in [5, 5.41) is 13.5. The van der Waals surface area contributed by atoms with E-state index >= 15 is 0 Å². The average molecular weight is 362 g/mol. The first-order valence-electron chi connectivity index (χ1n) is 9.28. The second-order valence-electron chi connectivity index (χ2n) is 6.97. The van der Waals surface area contributed by atoms with Gasteiger partial charge in [-0.25, -0.2) is 0 Å². The monoisotopic (exact) mass is 362 g/mol. The molecule has 0 amide bonds. The largest absolute Gasteiger partial charge is 0.492 e. The Hall–Kier alpha value is -2.92. The van der Waals surface area contributed by atoms with Crippen LogP contribution < -0.4 is 4.74 Å². The van der Waals surface area contributed by atoms with Crippen LogP contribution in [0.15, 0.2) is 66.7 Å². The molecule has 1 saturated heterocycles. The highest BCUT2D eigenvalue weighted by Gasteiger charge is 2.25. The van der Waals surface area contributed by atoms with Crippen LogP contribution in [0.25, 0.3) is 10.8 Å². The summed E-state index contributed by atoms with van der Waals surface area (Å²) in [4.78, 5) is 13.0. The van der Waals surface area contributed by atoms with Gasteiger partial charge < -0.3 is 4.74 Å². The van der Waals surface area contributed by atoms with Crippen LogP contribution in [0.5, 0.6) is 5.75 Å². The molecule has 0 aliphatic carbocycles. The van der Waals surface area contributed by atoms with Crippen LogP contribution in [-0.4, -0.2) is 29.0 Å². The summed E-state index contributed by atoms with van der Waals surface area (Å²) in [6.07, 6.45) is 2.23. The van der Waals surface area contributed by atoms with Gasteiger partial charge in [0.25, 0.3) is 5.69 Å². The van der Waals surface area contributed by atoms with Gasteiger partial charge in [0.15, 0.2) is 0 Å². The lowest BCUT2D eigenvalue weighted by Crippen LogP contribution is -2.33. The quantitative estimate of drug-likeness (QED) is 0.467. The predicted octanol–water partition coefficient (Wildman–Crippen LogP) is 4.79. The number of hydrogen-bond donors (Lipinski definition) is 0. The van der Waals surface area contributed by atoms with E-state index in [9.17, 15) is 10.1 Å². The van der Waals surface area contributed by atoms with Crippen LogP contribution in [0.1, 0.15) is 18.4 Å². The number of rotatable bonds is 6. The molecule has 0 unspecified atom stereocenters. The summed E-state index contributed by atoms with van der Waals surface area (Å²) in [6.45, 7) is 2.49. The summed E-state index contributed by atoms with van der Waals surface area (Å²) in [5.74, 6) is 0.557. The van der Waals surface area contributed by atoms with E-state index in [0.717, 1.165) is 25.9 Å². The lowest BCUT2D eigenvalue weighted by Gasteiger charge is -2.25. The van der Waals surface area contributed by atoms with Crippen molar-refractivity contribution in [2.45, 2.75) is 25.4 Å². The Bertz CT molecular complexity index is 952. The number of fused-ring (bicyclic) bond motifs is 1. The number of likely N-dealkylation sites (tertiary alicyclic amines) is 1. The molecule has 3 aromatic carbocycles. The van der Waals surface area contributed by atoms with Crippen molar-refractivity contribution in [3.8, 4) is 5.75 Å². The van der Waals surface area contributed by atoms with Gasteiger partial charge in [-0.3, -0.25) is 15.0 Å². The fourth-order valence-corrected chi connectivity index (χ4v) is 3.82. The Balaban J connectivity index is 1.45. The minimum absolute atomic E-state index is 0.0616. The van der Waals surface area contributed by atoms with Gasteiger partial charge in [0.05, 0.1) is 11.0 Å². The molecule has 5 nitrogen and oxygen atoms in total. The van der Waals surface area contributed by atoms with Gasteiger partial charge in [0, 0.05) is 18.7 Å². The molecule has 138 valence electrons. The van der Waals surface area contributed by atoms with Crippen molar-refractivity contribution in [3.63, 3.8) is 0 Å². The highest BCUT2D eigenvalue weighted by atomic mass is 16.6. The van der Waals surface area contributed by atoms with E-state index in [-0.39, 0.29) is 5.69 Å². The topological polar surface area (TPSA) is 55.6 Å². The molecule has 0 aromatic heterocycles. The second kappa shape index (κ2) is 7.76. The molecule has 1 aliphatic rings. The standard InChI is InChI=1S/C22H22N2O3/c25-24(26)19-9-4-11-21(14-19)27-16-20-10-5-13-23(20)15-18-8-3-7-17-6-1-2-12-22(17)18/h1-4,6-9,11-12,14,20H,5,10,13,15-16H2/t20-/m0/s1. The van der Waals surface area contributed by atoms with Crippen LogP contribution in [0.4, 0.5) is 5.69 Å². The minimum atomic E-state index is -0.394. The van der Waals surface area contributed by atoms with Gasteiger partial charge in [-0.1, -0.05) is 48.5 Å². The molecule has 3 aromatic rings. The Morgan fingerprint density at radius 2 is 1.89 bits per heavy atom. The first-order chi connectivity index (χ1) is 13.2. The third-order valence-electron chi connectivity index (χ3n) is 5.22. The molecule has 1 atom stereocenters. The van der Waals surface area contributed by atoms with Crippen LogP contribution in [0, 0.1) is 10.1 Å². The molecule has 1 heterocycles. The summed E-state index contributed by atoms with van der Waals surface area (Å²) >= 11 is 0. The van der Waals surface area contributed by atoms with Crippen molar-refractivity contribution in [2.24, 2.45) is 0 Å². The molecular weight excluding hydrogens is 340 g/mol. The summed E-state index contributed by atoms with van der Waals surface area (Å²) in [7, 11) is 0. The zero-order valence-corrected chi connectivity index (χ0v) is 15.1. The third-order valence-corrected chi connectivity index (χ3v) is 5.22. The third kappa shape index (κ3) is 3.93.